The predicted molar refractivity (Wildman–Crippen MR) is 71.4 cm³/mol. The summed E-state index contributed by atoms with van der Waals surface area (Å²) < 4.78 is 53.2. The maximum absolute atomic E-state index is 13.6. The Balaban J connectivity index is 2.19. The van der Waals surface area contributed by atoms with Crippen molar-refractivity contribution in [3.63, 3.8) is 0 Å². The molecule has 0 amide bonds. The van der Waals surface area contributed by atoms with Gasteiger partial charge in [0, 0.05) is 6.54 Å². The van der Waals surface area contributed by atoms with E-state index in [9.17, 15) is 17.6 Å². The van der Waals surface area contributed by atoms with Gasteiger partial charge in [-0.1, -0.05) is 0 Å². The third-order valence-electron chi connectivity index (χ3n) is 3.04. The lowest BCUT2D eigenvalue weighted by Crippen LogP contribution is -2.10. The Hall–Kier alpha value is -2.05. The highest BCUT2D eigenvalue weighted by Crippen LogP contribution is 2.31. The van der Waals surface area contributed by atoms with Gasteiger partial charge in [0.25, 0.3) is 0 Å². The van der Waals surface area contributed by atoms with Crippen molar-refractivity contribution in [2.45, 2.75) is 33.1 Å². The quantitative estimate of drug-likeness (QED) is 0.866. The molecule has 2 aromatic rings. The fourth-order valence-electron chi connectivity index (χ4n) is 2.04. The van der Waals surface area contributed by atoms with Gasteiger partial charge in [0.2, 0.25) is 0 Å². The third kappa shape index (κ3) is 3.53. The molecule has 114 valence electrons. The standard InChI is InChI=1S/C14H15F4N3/c1-3-21-11(6-9(2)20-21)8-19-13-7-10(14(16,17)18)4-5-12(13)15/h4-7,19H,3,8H2,1-2H3. The molecule has 1 N–H and O–H groups in total. The van der Waals surface area contributed by atoms with Gasteiger partial charge in [-0.05, 0) is 38.1 Å². The summed E-state index contributed by atoms with van der Waals surface area (Å²) in [4.78, 5) is 0. The van der Waals surface area contributed by atoms with E-state index in [1.165, 1.54) is 0 Å². The van der Waals surface area contributed by atoms with Crippen molar-refractivity contribution in [3.8, 4) is 0 Å². The van der Waals surface area contributed by atoms with E-state index in [0.717, 1.165) is 29.6 Å². The summed E-state index contributed by atoms with van der Waals surface area (Å²) in [5, 5.41) is 6.92. The minimum atomic E-state index is -4.49. The van der Waals surface area contributed by atoms with Crippen molar-refractivity contribution in [1.29, 1.82) is 0 Å². The first kappa shape index (κ1) is 15.3. The second kappa shape index (κ2) is 5.75. The number of halogens is 4. The van der Waals surface area contributed by atoms with Gasteiger partial charge in [-0.3, -0.25) is 4.68 Å². The second-order valence-corrected chi connectivity index (χ2v) is 4.64. The molecule has 0 aliphatic rings. The predicted octanol–water partition coefficient (Wildman–Crippen LogP) is 3.98. The van der Waals surface area contributed by atoms with Crippen molar-refractivity contribution >= 4 is 5.69 Å². The van der Waals surface area contributed by atoms with Gasteiger partial charge < -0.3 is 5.32 Å². The Morgan fingerprint density at radius 3 is 2.57 bits per heavy atom. The molecule has 0 unspecified atom stereocenters. The van der Waals surface area contributed by atoms with Crippen LogP contribution in [0.5, 0.6) is 0 Å². The summed E-state index contributed by atoms with van der Waals surface area (Å²) in [7, 11) is 0. The van der Waals surface area contributed by atoms with E-state index >= 15 is 0 Å². The molecular weight excluding hydrogens is 286 g/mol. The Morgan fingerprint density at radius 2 is 1.95 bits per heavy atom. The number of hydrogen-bond acceptors (Lipinski definition) is 2. The molecule has 0 spiro atoms. The van der Waals surface area contributed by atoms with Crippen LogP contribution in [-0.4, -0.2) is 9.78 Å². The molecule has 7 heteroatoms. The Labute approximate surface area is 119 Å². The molecule has 1 aromatic heterocycles. The van der Waals surface area contributed by atoms with Gasteiger partial charge in [0.05, 0.1) is 29.2 Å². The summed E-state index contributed by atoms with van der Waals surface area (Å²) in [5.74, 6) is -0.720. The van der Waals surface area contributed by atoms with Crippen LogP contribution in [0.1, 0.15) is 23.9 Å². The number of nitrogens with zero attached hydrogens (tertiary/aromatic N) is 2. The van der Waals surface area contributed by atoms with Gasteiger partial charge in [-0.25, -0.2) is 4.39 Å². The largest absolute Gasteiger partial charge is 0.416 e. The minimum Gasteiger partial charge on any atom is -0.377 e. The van der Waals surface area contributed by atoms with E-state index in [0.29, 0.717) is 6.54 Å². The van der Waals surface area contributed by atoms with Crippen LogP contribution in [0.25, 0.3) is 0 Å². The highest BCUT2D eigenvalue weighted by atomic mass is 19.4. The molecule has 1 heterocycles. The first-order chi connectivity index (χ1) is 9.81. The van der Waals surface area contributed by atoms with Crippen LogP contribution < -0.4 is 5.32 Å². The number of aromatic nitrogens is 2. The van der Waals surface area contributed by atoms with Crippen LogP contribution in [-0.2, 0) is 19.3 Å². The van der Waals surface area contributed by atoms with Crippen LogP contribution in [0, 0.1) is 12.7 Å². The molecule has 3 nitrogen and oxygen atoms in total. The molecular formula is C14H15F4N3. The zero-order valence-corrected chi connectivity index (χ0v) is 11.6. The Bertz CT molecular complexity index is 632. The summed E-state index contributed by atoms with van der Waals surface area (Å²) in [5.41, 5.74) is 0.530. The van der Waals surface area contributed by atoms with Crippen molar-refractivity contribution in [1.82, 2.24) is 9.78 Å². The zero-order valence-electron chi connectivity index (χ0n) is 11.6. The molecule has 0 atom stereocenters. The molecule has 0 radical (unpaired) electrons. The Kier molecular flexibility index (Phi) is 4.20. The van der Waals surface area contributed by atoms with Gasteiger partial charge in [0.15, 0.2) is 0 Å². The van der Waals surface area contributed by atoms with Crippen LogP contribution in [0.2, 0.25) is 0 Å². The highest BCUT2D eigenvalue weighted by Gasteiger charge is 2.31. The zero-order chi connectivity index (χ0) is 15.6. The average Bonchev–Trinajstić information content (AvgIpc) is 2.76. The number of benzene rings is 1. The second-order valence-electron chi connectivity index (χ2n) is 4.64. The highest BCUT2D eigenvalue weighted by molar-refractivity contribution is 5.48. The number of aryl methyl sites for hydroxylation is 2. The molecule has 21 heavy (non-hydrogen) atoms. The lowest BCUT2D eigenvalue weighted by atomic mass is 10.2. The smallest absolute Gasteiger partial charge is 0.377 e. The van der Waals surface area contributed by atoms with E-state index in [4.69, 9.17) is 0 Å². The number of alkyl halides is 3. The first-order valence-electron chi connectivity index (χ1n) is 6.45. The van der Waals surface area contributed by atoms with E-state index in [1.807, 2.05) is 19.9 Å². The first-order valence-corrected chi connectivity index (χ1v) is 6.45. The lowest BCUT2D eigenvalue weighted by Gasteiger charge is -2.12. The molecule has 0 aliphatic heterocycles. The van der Waals surface area contributed by atoms with Crippen LogP contribution in [0.3, 0.4) is 0 Å². The van der Waals surface area contributed by atoms with E-state index in [1.54, 1.807) is 4.68 Å². The molecule has 2 rings (SSSR count). The summed E-state index contributed by atoms with van der Waals surface area (Å²) >= 11 is 0. The van der Waals surface area contributed by atoms with Crippen molar-refractivity contribution in [2.24, 2.45) is 0 Å². The average molecular weight is 301 g/mol. The number of rotatable bonds is 4. The maximum atomic E-state index is 13.6. The minimum absolute atomic E-state index is 0.175. The van der Waals surface area contributed by atoms with Gasteiger partial charge in [-0.15, -0.1) is 0 Å². The topological polar surface area (TPSA) is 29.9 Å². The number of hydrogen-bond donors (Lipinski definition) is 1. The van der Waals surface area contributed by atoms with Crippen molar-refractivity contribution in [2.75, 3.05) is 5.32 Å². The van der Waals surface area contributed by atoms with E-state index in [2.05, 4.69) is 10.4 Å². The summed E-state index contributed by atoms with van der Waals surface area (Å²) in [6, 6.07) is 4.12. The summed E-state index contributed by atoms with van der Waals surface area (Å²) in [6.07, 6.45) is -4.49. The van der Waals surface area contributed by atoms with Gasteiger partial charge in [0.1, 0.15) is 5.82 Å². The van der Waals surface area contributed by atoms with Crippen molar-refractivity contribution < 1.29 is 17.6 Å². The lowest BCUT2D eigenvalue weighted by molar-refractivity contribution is -0.137. The molecule has 0 saturated heterocycles. The monoisotopic (exact) mass is 301 g/mol. The molecule has 0 bridgehead atoms. The maximum Gasteiger partial charge on any atom is 0.416 e. The van der Waals surface area contributed by atoms with Gasteiger partial charge >= 0.3 is 6.18 Å². The number of anilines is 1. The van der Waals surface area contributed by atoms with E-state index in [-0.39, 0.29) is 12.2 Å². The molecule has 0 saturated carbocycles. The van der Waals surface area contributed by atoms with Crippen LogP contribution in [0.15, 0.2) is 24.3 Å². The molecule has 1 aromatic carbocycles. The Morgan fingerprint density at radius 1 is 1.24 bits per heavy atom. The molecule has 0 fully saturated rings. The number of nitrogens with one attached hydrogen (secondary N) is 1. The molecule has 0 aliphatic carbocycles. The fourth-order valence-corrected chi connectivity index (χ4v) is 2.04. The summed E-state index contributed by atoms with van der Waals surface area (Å²) in [6.45, 7) is 4.56. The SMILES string of the molecule is CCn1nc(C)cc1CNc1cc(C(F)(F)F)ccc1F. The van der Waals surface area contributed by atoms with Gasteiger partial charge in [-0.2, -0.15) is 18.3 Å². The van der Waals surface area contributed by atoms with Crippen LogP contribution in [0.4, 0.5) is 23.2 Å². The third-order valence-corrected chi connectivity index (χ3v) is 3.04. The normalized spacial score (nSPS) is 11.7. The fraction of sp³-hybridized carbons (Fsp3) is 0.357. The van der Waals surface area contributed by atoms with Crippen molar-refractivity contribution in [3.05, 3.63) is 47.0 Å². The van der Waals surface area contributed by atoms with E-state index < -0.39 is 17.6 Å². The van der Waals surface area contributed by atoms with Crippen LogP contribution >= 0.6 is 0 Å².